The second-order valence-corrected chi connectivity index (χ2v) is 4.34. The highest BCUT2D eigenvalue weighted by Gasteiger charge is 2.22. The maximum Gasteiger partial charge on any atom is 0.324 e. The van der Waals surface area contributed by atoms with Crippen LogP contribution in [0.1, 0.15) is 19.3 Å². The molecular weight excluding hydrogens is 219 g/mol. The van der Waals surface area contributed by atoms with E-state index in [4.69, 9.17) is 0 Å². The Morgan fingerprint density at radius 2 is 1.88 bits per heavy atom. The Morgan fingerprint density at radius 1 is 1.24 bits per heavy atom. The van der Waals surface area contributed by atoms with Crippen molar-refractivity contribution in [2.45, 2.75) is 19.3 Å². The van der Waals surface area contributed by atoms with E-state index in [-0.39, 0.29) is 11.8 Å². The van der Waals surface area contributed by atoms with Gasteiger partial charge in [-0.25, -0.2) is 9.18 Å². The number of carbonyl (C=O) groups is 1. The van der Waals surface area contributed by atoms with Gasteiger partial charge in [-0.1, -0.05) is 12.1 Å². The first-order valence-corrected chi connectivity index (χ1v) is 5.97. The van der Waals surface area contributed by atoms with Gasteiger partial charge in [-0.15, -0.1) is 0 Å². The Morgan fingerprint density at radius 3 is 2.53 bits per heavy atom. The summed E-state index contributed by atoms with van der Waals surface area (Å²) < 4.78 is 13.6. The van der Waals surface area contributed by atoms with Crippen LogP contribution in [0.15, 0.2) is 24.3 Å². The number of hydrogen-bond donors (Lipinski definition) is 0. The van der Waals surface area contributed by atoms with Gasteiger partial charge in [0.05, 0.1) is 5.69 Å². The van der Waals surface area contributed by atoms with Crippen LogP contribution in [0.5, 0.6) is 0 Å². The summed E-state index contributed by atoms with van der Waals surface area (Å²) in [6.45, 7) is 1.55. The van der Waals surface area contributed by atoms with Gasteiger partial charge in [-0.05, 0) is 31.4 Å². The first kappa shape index (κ1) is 11.9. The SMILES string of the molecule is CN(C(=O)N1CCCCC1)c1ccccc1F. The van der Waals surface area contributed by atoms with Crippen LogP contribution < -0.4 is 4.90 Å². The highest BCUT2D eigenvalue weighted by molar-refractivity contribution is 5.91. The molecule has 1 aromatic rings. The van der Waals surface area contributed by atoms with Gasteiger partial charge in [-0.2, -0.15) is 0 Å². The molecule has 0 aliphatic carbocycles. The van der Waals surface area contributed by atoms with Crippen molar-refractivity contribution in [3.8, 4) is 0 Å². The number of nitrogens with zero attached hydrogens (tertiary/aromatic N) is 2. The lowest BCUT2D eigenvalue weighted by molar-refractivity contribution is 0.194. The van der Waals surface area contributed by atoms with Gasteiger partial charge < -0.3 is 4.90 Å². The molecule has 1 heterocycles. The monoisotopic (exact) mass is 236 g/mol. The second-order valence-electron chi connectivity index (χ2n) is 4.34. The maximum absolute atomic E-state index is 13.6. The van der Waals surface area contributed by atoms with E-state index < -0.39 is 0 Å². The van der Waals surface area contributed by atoms with Crippen LogP contribution in [-0.2, 0) is 0 Å². The minimum absolute atomic E-state index is 0.116. The lowest BCUT2D eigenvalue weighted by atomic mass is 10.1. The number of halogens is 1. The minimum Gasteiger partial charge on any atom is -0.324 e. The van der Waals surface area contributed by atoms with Gasteiger partial charge in [0.25, 0.3) is 0 Å². The molecule has 3 nitrogen and oxygen atoms in total. The average molecular weight is 236 g/mol. The van der Waals surface area contributed by atoms with Crippen molar-refractivity contribution in [2.75, 3.05) is 25.0 Å². The summed E-state index contributed by atoms with van der Waals surface area (Å²) in [6, 6.07) is 6.23. The lowest BCUT2D eigenvalue weighted by Crippen LogP contribution is -2.44. The van der Waals surface area contributed by atoms with Crippen molar-refractivity contribution < 1.29 is 9.18 Å². The Labute approximate surface area is 101 Å². The zero-order chi connectivity index (χ0) is 12.3. The van der Waals surface area contributed by atoms with Crippen molar-refractivity contribution >= 4 is 11.7 Å². The molecule has 17 heavy (non-hydrogen) atoms. The molecule has 1 aliphatic rings. The Kier molecular flexibility index (Phi) is 3.61. The summed E-state index contributed by atoms with van der Waals surface area (Å²) in [5, 5.41) is 0. The van der Waals surface area contributed by atoms with Crippen molar-refractivity contribution in [2.24, 2.45) is 0 Å². The van der Waals surface area contributed by atoms with E-state index >= 15 is 0 Å². The Balaban J connectivity index is 2.11. The fourth-order valence-electron chi connectivity index (χ4n) is 2.12. The summed E-state index contributed by atoms with van der Waals surface area (Å²) in [5.41, 5.74) is 0.336. The number of benzene rings is 1. The number of piperidine rings is 1. The van der Waals surface area contributed by atoms with Crippen LogP contribution >= 0.6 is 0 Å². The van der Waals surface area contributed by atoms with Gasteiger partial charge >= 0.3 is 6.03 Å². The van der Waals surface area contributed by atoms with E-state index in [0.29, 0.717) is 5.69 Å². The summed E-state index contributed by atoms with van der Waals surface area (Å²) in [5.74, 6) is -0.361. The molecule has 0 unspecified atom stereocenters. The zero-order valence-electron chi connectivity index (χ0n) is 10.0. The van der Waals surface area contributed by atoms with E-state index in [9.17, 15) is 9.18 Å². The molecule has 1 aliphatic heterocycles. The van der Waals surface area contributed by atoms with Gasteiger partial charge in [-0.3, -0.25) is 4.90 Å². The summed E-state index contributed by atoms with van der Waals surface area (Å²) >= 11 is 0. The predicted octanol–water partition coefficient (Wildman–Crippen LogP) is 2.87. The number of urea groups is 1. The van der Waals surface area contributed by atoms with E-state index in [2.05, 4.69) is 0 Å². The van der Waals surface area contributed by atoms with Crippen LogP contribution in [-0.4, -0.2) is 31.1 Å². The first-order valence-electron chi connectivity index (χ1n) is 5.97. The molecule has 1 fully saturated rings. The molecule has 92 valence electrons. The first-order chi connectivity index (χ1) is 8.20. The third-order valence-corrected chi connectivity index (χ3v) is 3.13. The largest absolute Gasteiger partial charge is 0.324 e. The van der Waals surface area contributed by atoms with Crippen molar-refractivity contribution in [1.82, 2.24) is 4.90 Å². The number of carbonyl (C=O) groups excluding carboxylic acids is 1. The zero-order valence-corrected chi connectivity index (χ0v) is 10.0. The lowest BCUT2D eigenvalue weighted by Gasteiger charge is -2.31. The molecule has 0 saturated carbocycles. The number of hydrogen-bond acceptors (Lipinski definition) is 1. The van der Waals surface area contributed by atoms with E-state index in [1.54, 1.807) is 30.1 Å². The molecule has 1 saturated heterocycles. The molecule has 0 spiro atoms. The number of rotatable bonds is 1. The van der Waals surface area contributed by atoms with E-state index in [0.717, 1.165) is 25.9 Å². The predicted molar refractivity (Wildman–Crippen MR) is 65.6 cm³/mol. The Bertz CT molecular complexity index is 402. The van der Waals surface area contributed by atoms with Crippen LogP contribution in [0.25, 0.3) is 0 Å². The summed E-state index contributed by atoms with van der Waals surface area (Å²) in [7, 11) is 1.62. The summed E-state index contributed by atoms with van der Waals surface area (Å²) in [4.78, 5) is 15.3. The van der Waals surface area contributed by atoms with Gasteiger partial charge in [0, 0.05) is 20.1 Å². The highest BCUT2D eigenvalue weighted by Crippen LogP contribution is 2.20. The van der Waals surface area contributed by atoms with Crippen molar-refractivity contribution in [3.05, 3.63) is 30.1 Å². The van der Waals surface area contributed by atoms with Crippen LogP contribution in [0, 0.1) is 5.82 Å². The van der Waals surface area contributed by atoms with Crippen LogP contribution in [0.3, 0.4) is 0 Å². The summed E-state index contributed by atoms with van der Waals surface area (Å²) in [6.07, 6.45) is 3.25. The molecule has 0 atom stereocenters. The number of anilines is 1. The van der Waals surface area contributed by atoms with Crippen LogP contribution in [0.4, 0.5) is 14.9 Å². The normalized spacial score (nSPS) is 15.8. The Hall–Kier alpha value is -1.58. The second kappa shape index (κ2) is 5.17. The van der Waals surface area contributed by atoms with Gasteiger partial charge in [0.1, 0.15) is 5.82 Å². The molecule has 1 aromatic carbocycles. The van der Waals surface area contributed by atoms with Crippen molar-refractivity contribution in [3.63, 3.8) is 0 Å². The molecule has 0 aromatic heterocycles. The standard InChI is InChI=1S/C13H17FN2O/c1-15(12-8-4-3-7-11(12)14)13(17)16-9-5-2-6-10-16/h3-4,7-8H,2,5-6,9-10H2,1H3. The number of likely N-dealkylation sites (tertiary alicyclic amines) is 1. The smallest absolute Gasteiger partial charge is 0.324 e. The highest BCUT2D eigenvalue weighted by atomic mass is 19.1. The third kappa shape index (κ3) is 2.57. The average Bonchev–Trinajstić information content (AvgIpc) is 2.39. The number of amides is 2. The molecule has 2 amide bonds. The van der Waals surface area contributed by atoms with E-state index in [1.165, 1.54) is 17.4 Å². The molecule has 2 rings (SSSR count). The fraction of sp³-hybridized carbons (Fsp3) is 0.462. The van der Waals surface area contributed by atoms with Gasteiger partial charge in [0.2, 0.25) is 0 Å². The molecule has 4 heteroatoms. The fourth-order valence-corrected chi connectivity index (χ4v) is 2.12. The molecule has 0 N–H and O–H groups in total. The van der Waals surface area contributed by atoms with Crippen molar-refractivity contribution in [1.29, 1.82) is 0 Å². The third-order valence-electron chi connectivity index (χ3n) is 3.13. The quantitative estimate of drug-likeness (QED) is 0.735. The van der Waals surface area contributed by atoms with Gasteiger partial charge in [0.15, 0.2) is 0 Å². The maximum atomic E-state index is 13.6. The van der Waals surface area contributed by atoms with Crippen LogP contribution in [0.2, 0.25) is 0 Å². The minimum atomic E-state index is -0.361. The molecule has 0 bridgehead atoms. The topological polar surface area (TPSA) is 23.6 Å². The molecular formula is C13H17FN2O. The molecule has 0 radical (unpaired) electrons. The van der Waals surface area contributed by atoms with E-state index in [1.807, 2.05) is 0 Å². The number of para-hydroxylation sites is 1.